The number of hydrogen-bond acceptors (Lipinski definition) is 3. The fourth-order valence-electron chi connectivity index (χ4n) is 1.95. The van der Waals surface area contributed by atoms with E-state index in [4.69, 9.17) is 9.47 Å². The summed E-state index contributed by atoms with van der Waals surface area (Å²) in [6.45, 7) is 1.41. The third-order valence-electron chi connectivity index (χ3n) is 3.00. The second kappa shape index (κ2) is 7.29. The highest BCUT2D eigenvalue weighted by Gasteiger charge is 2.11. The molecule has 0 aliphatic heterocycles. The second-order valence-corrected chi connectivity index (χ2v) is 4.57. The monoisotopic (exact) mass is 282 g/mol. The van der Waals surface area contributed by atoms with Crippen LogP contribution in [0, 0.1) is 0 Å². The molecule has 0 N–H and O–H groups in total. The molecule has 2 rings (SSSR count). The van der Waals surface area contributed by atoms with Crippen molar-refractivity contribution in [3.8, 4) is 5.75 Å². The number of esters is 1. The lowest BCUT2D eigenvalue weighted by molar-refractivity contribution is -0.144. The SMILES string of the molecule is COc1ccc(C(/C=C/c2ccccc2)OC(C)=O)cc1. The molecule has 0 spiro atoms. The molecule has 2 aromatic rings. The highest BCUT2D eigenvalue weighted by Crippen LogP contribution is 2.23. The number of ether oxygens (including phenoxy) is 2. The van der Waals surface area contributed by atoms with Crippen molar-refractivity contribution in [3.63, 3.8) is 0 Å². The average molecular weight is 282 g/mol. The largest absolute Gasteiger partial charge is 0.497 e. The zero-order valence-electron chi connectivity index (χ0n) is 12.2. The first-order valence-corrected chi connectivity index (χ1v) is 6.73. The minimum Gasteiger partial charge on any atom is -0.497 e. The van der Waals surface area contributed by atoms with Crippen molar-refractivity contribution in [1.82, 2.24) is 0 Å². The first-order chi connectivity index (χ1) is 10.2. The van der Waals surface area contributed by atoms with E-state index in [1.807, 2.05) is 66.7 Å². The van der Waals surface area contributed by atoms with Gasteiger partial charge in [-0.25, -0.2) is 0 Å². The molecule has 0 aromatic heterocycles. The lowest BCUT2D eigenvalue weighted by atomic mass is 10.1. The third-order valence-corrected chi connectivity index (χ3v) is 3.00. The maximum absolute atomic E-state index is 11.3. The summed E-state index contributed by atoms with van der Waals surface area (Å²) in [6, 6.07) is 17.4. The van der Waals surface area contributed by atoms with Gasteiger partial charge in [-0.2, -0.15) is 0 Å². The first kappa shape index (κ1) is 14.9. The van der Waals surface area contributed by atoms with Crippen LogP contribution in [0.1, 0.15) is 24.2 Å². The molecule has 3 nitrogen and oxygen atoms in total. The lowest BCUT2D eigenvalue weighted by Crippen LogP contribution is -2.06. The van der Waals surface area contributed by atoms with E-state index in [-0.39, 0.29) is 5.97 Å². The molecule has 0 saturated carbocycles. The molecule has 0 amide bonds. The van der Waals surface area contributed by atoms with Gasteiger partial charge in [0, 0.05) is 6.92 Å². The molecule has 0 aliphatic rings. The van der Waals surface area contributed by atoms with Crippen molar-refractivity contribution in [1.29, 1.82) is 0 Å². The van der Waals surface area contributed by atoms with Gasteiger partial charge in [-0.3, -0.25) is 4.79 Å². The summed E-state index contributed by atoms with van der Waals surface area (Å²) >= 11 is 0. The number of carbonyl (C=O) groups excluding carboxylic acids is 1. The van der Waals surface area contributed by atoms with E-state index in [1.165, 1.54) is 6.92 Å². The molecule has 0 fully saturated rings. The van der Waals surface area contributed by atoms with Crippen LogP contribution in [0.4, 0.5) is 0 Å². The summed E-state index contributed by atoms with van der Waals surface area (Å²) in [5.74, 6) is 0.459. The van der Waals surface area contributed by atoms with Gasteiger partial charge in [-0.1, -0.05) is 48.5 Å². The van der Waals surface area contributed by atoms with Gasteiger partial charge in [-0.15, -0.1) is 0 Å². The molecular weight excluding hydrogens is 264 g/mol. The number of methoxy groups -OCH3 is 1. The fraction of sp³-hybridized carbons (Fsp3) is 0.167. The fourth-order valence-corrected chi connectivity index (χ4v) is 1.95. The molecule has 1 atom stereocenters. The Bertz CT molecular complexity index is 600. The highest BCUT2D eigenvalue weighted by atomic mass is 16.5. The Labute approximate surface area is 124 Å². The number of benzene rings is 2. The molecule has 3 heteroatoms. The quantitative estimate of drug-likeness (QED) is 0.777. The van der Waals surface area contributed by atoms with Crippen LogP contribution in [0.15, 0.2) is 60.7 Å². The minimum atomic E-state index is -0.409. The molecule has 1 unspecified atom stereocenters. The van der Waals surface area contributed by atoms with Crippen LogP contribution in [0.2, 0.25) is 0 Å². The summed E-state index contributed by atoms with van der Waals surface area (Å²) in [5, 5.41) is 0. The van der Waals surface area contributed by atoms with Crippen LogP contribution in [0.3, 0.4) is 0 Å². The Morgan fingerprint density at radius 2 is 1.71 bits per heavy atom. The zero-order valence-corrected chi connectivity index (χ0v) is 12.2. The van der Waals surface area contributed by atoms with Crippen molar-refractivity contribution in [2.75, 3.05) is 7.11 Å². The summed E-state index contributed by atoms with van der Waals surface area (Å²) in [5.41, 5.74) is 1.96. The maximum atomic E-state index is 11.3. The Balaban J connectivity index is 2.21. The van der Waals surface area contributed by atoms with Crippen LogP contribution >= 0.6 is 0 Å². The Morgan fingerprint density at radius 3 is 2.29 bits per heavy atom. The molecule has 0 heterocycles. The van der Waals surface area contributed by atoms with Crippen molar-refractivity contribution < 1.29 is 14.3 Å². The van der Waals surface area contributed by atoms with Crippen molar-refractivity contribution in [2.45, 2.75) is 13.0 Å². The Morgan fingerprint density at radius 1 is 1.05 bits per heavy atom. The number of rotatable bonds is 5. The van der Waals surface area contributed by atoms with Crippen LogP contribution in [0.5, 0.6) is 5.75 Å². The van der Waals surface area contributed by atoms with E-state index < -0.39 is 6.10 Å². The van der Waals surface area contributed by atoms with E-state index in [1.54, 1.807) is 7.11 Å². The van der Waals surface area contributed by atoms with Gasteiger partial charge in [0.25, 0.3) is 0 Å². The van der Waals surface area contributed by atoms with Crippen LogP contribution in [0.25, 0.3) is 6.08 Å². The summed E-state index contributed by atoms with van der Waals surface area (Å²) in [6.07, 6.45) is 3.41. The molecule has 0 aliphatic carbocycles. The molecule has 0 saturated heterocycles. The standard InChI is InChI=1S/C18H18O3/c1-14(19)21-18(13-8-15-6-4-3-5-7-15)16-9-11-17(20-2)12-10-16/h3-13,18H,1-2H3/b13-8+. The maximum Gasteiger partial charge on any atom is 0.303 e. The molecule has 0 radical (unpaired) electrons. The molecular formula is C18H18O3. The van der Waals surface area contributed by atoms with E-state index in [2.05, 4.69) is 0 Å². The molecule has 21 heavy (non-hydrogen) atoms. The predicted octanol–water partition coefficient (Wildman–Crippen LogP) is 4.01. The smallest absolute Gasteiger partial charge is 0.303 e. The summed E-state index contributed by atoms with van der Waals surface area (Å²) in [4.78, 5) is 11.3. The van der Waals surface area contributed by atoms with Crippen LogP contribution in [-0.2, 0) is 9.53 Å². The molecule has 2 aromatic carbocycles. The topological polar surface area (TPSA) is 35.5 Å². The van der Waals surface area contributed by atoms with Gasteiger partial charge in [0.15, 0.2) is 0 Å². The van der Waals surface area contributed by atoms with Gasteiger partial charge in [0.1, 0.15) is 11.9 Å². The predicted molar refractivity (Wildman–Crippen MR) is 83.0 cm³/mol. The summed E-state index contributed by atoms with van der Waals surface area (Å²) in [7, 11) is 1.62. The molecule has 108 valence electrons. The Hall–Kier alpha value is -2.55. The van der Waals surface area contributed by atoms with Crippen molar-refractivity contribution in [2.24, 2.45) is 0 Å². The lowest BCUT2D eigenvalue weighted by Gasteiger charge is -2.14. The van der Waals surface area contributed by atoms with Crippen LogP contribution in [-0.4, -0.2) is 13.1 Å². The van der Waals surface area contributed by atoms with E-state index in [0.717, 1.165) is 16.9 Å². The van der Waals surface area contributed by atoms with Gasteiger partial charge in [-0.05, 0) is 29.3 Å². The summed E-state index contributed by atoms with van der Waals surface area (Å²) < 4.78 is 10.5. The molecule has 0 bridgehead atoms. The number of hydrogen-bond donors (Lipinski definition) is 0. The van der Waals surface area contributed by atoms with E-state index >= 15 is 0 Å². The zero-order chi connectivity index (χ0) is 15.1. The van der Waals surface area contributed by atoms with Gasteiger partial charge in [0.05, 0.1) is 7.11 Å². The van der Waals surface area contributed by atoms with Gasteiger partial charge < -0.3 is 9.47 Å². The van der Waals surface area contributed by atoms with Gasteiger partial charge in [0.2, 0.25) is 0 Å². The Kier molecular flexibility index (Phi) is 5.16. The van der Waals surface area contributed by atoms with Crippen molar-refractivity contribution >= 4 is 12.0 Å². The van der Waals surface area contributed by atoms with Gasteiger partial charge >= 0.3 is 5.97 Å². The highest BCUT2D eigenvalue weighted by molar-refractivity contribution is 5.67. The average Bonchev–Trinajstić information content (AvgIpc) is 2.52. The minimum absolute atomic E-state index is 0.312. The van der Waals surface area contributed by atoms with Crippen LogP contribution < -0.4 is 4.74 Å². The second-order valence-electron chi connectivity index (χ2n) is 4.57. The van der Waals surface area contributed by atoms with E-state index in [0.29, 0.717) is 0 Å². The van der Waals surface area contributed by atoms with Crippen molar-refractivity contribution in [3.05, 3.63) is 71.8 Å². The first-order valence-electron chi connectivity index (χ1n) is 6.73. The third kappa shape index (κ3) is 4.49. The normalized spacial score (nSPS) is 12.1. The number of carbonyl (C=O) groups is 1. The van der Waals surface area contributed by atoms with E-state index in [9.17, 15) is 4.79 Å².